The number of terminal acetylenes is 1. The minimum Gasteiger partial charge on any atom is -0.491 e. The SMILES string of the molecule is C#CCn1nnnc1-c1ccc(OC(C)C)cc1. The lowest BCUT2D eigenvalue weighted by Crippen LogP contribution is -2.05. The van der Waals surface area contributed by atoms with Crippen molar-refractivity contribution in [1.29, 1.82) is 0 Å². The summed E-state index contributed by atoms with van der Waals surface area (Å²) < 4.78 is 7.16. The number of hydrogen-bond donors (Lipinski definition) is 0. The van der Waals surface area contributed by atoms with Gasteiger partial charge < -0.3 is 4.74 Å². The third kappa shape index (κ3) is 2.66. The maximum absolute atomic E-state index is 5.57. The van der Waals surface area contributed by atoms with Crippen molar-refractivity contribution in [3.8, 4) is 29.5 Å². The molecule has 0 fully saturated rings. The summed E-state index contributed by atoms with van der Waals surface area (Å²) in [5.74, 6) is 3.99. The molecule has 0 aliphatic carbocycles. The van der Waals surface area contributed by atoms with Gasteiger partial charge in [0.05, 0.1) is 6.10 Å². The van der Waals surface area contributed by atoms with Gasteiger partial charge in [-0.15, -0.1) is 11.5 Å². The fraction of sp³-hybridized carbons (Fsp3) is 0.308. The van der Waals surface area contributed by atoms with Crippen molar-refractivity contribution in [2.45, 2.75) is 26.5 Å². The summed E-state index contributed by atoms with van der Waals surface area (Å²) in [5, 5.41) is 11.4. The predicted octanol–water partition coefficient (Wildman–Crippen LogP) is 1.76. The first-order chi connectivity index (χ1) is 8.70. The largest absolute Gasteiger partial charge is 0.491 e. The topological polar surface area (TPSA) is 52.8 Å². The Balaban J connectivity index is 2.24. The summed E-state index contributed by atoms with van der Waals surface area (Å²) in [6.45, 7) is 4.33. The monoisotopic (exact) mass is 242 g/mol. The highest BCUT2D eigenvalue weighted by molar-refractivity contribution is 5.55. The van der Waals surface area contributed by atoms with Crippen LogP contribution >= 0.6 is 0 Å². The molecule has 0 bridgehead atoms. The first kappa shape index (κ1) is 12.1. The van der Waals surface area contributed by atoms with E-state index in [1.54, 1.807) is 4.68 Å². The Labute approximate surface area is 106 Å². The van der Waals surface area contributed by atoms with Crippen LogP contribution in [0.2, 0.25) is 0 Å². The molecule has 0 aliphatic rings. The zero-order valence-corrected chi connectivity index (χ0v) is 10.4. The van der Waals surface area contributed by atoms with Gasteiger partial charge in [-0.25, -0.2) is 4.68 Å². The van der Waals surface area contributed by atoms with E-state index in [0.29, 0.717) is 12.4 Å². The van der Waals surface area contributed by atoms with Gasteiger partial charge in [-0.2, -0.15) is 0 Å². The summed E-state index contributed by atoms with van der Waals surface area (Å²) in [6, 6.07) is 7.61. The molecule has 0 aliphatic heterocycles. The molecular weight excluding hydrogens is 228 g/mol. The van der Waals surface area contributed by atoms with Gasteiger partial charge in [-0.1, -0.05) is 5.92 Å². The van der Waals surface area contributed by atoms with Crippen molar-refractivity contribution < 1.29 is 4.74 Å². The standard InChI is InChI=1S/C13H14N4O/c1-4-9-17-13(14-15-16-17)11-5-7-12(8-6-11)18-10(2)3/h1,5-8,10H,9H2,2-3H3. The van der Waals surface area contributed by atoms with Gasteiger partial charge in [0, 0.05) is 5.56 Å². The summed E-state index contributed by atoms with van der Waals surface area (Å²) in [4.78, 5) is 0. The maximum atomic E-state index is 5.57. The van der Waals surface area contributed by atoms with Gasteiger partial charge in [0.25, 0.3) is 0 Å². The van der Waals surface area contributed by atoms with Crippen LogP contribution in [0.5, 0.6) is 5.75 Å². The Hall–Kier alpha value is -2.35. The minimum atomic E-state index is 0.155. The molecular formula is C13H14N4O. The van der Waals surface area contributed by atoms with Crippen molar-refractivity contribution >= 4 is 0 Å². The van der Waals surface area contributed by atoms with E-state index in [9.17, 15) is 0 Å². The Morgan fingerprint density at radius 1 is 1.33 bits per heavy atom. The van der Waals surface area contributed by atoms with Crippen molar-refractivity contribution in [2.24, 2.45) is 0 Å². The third-order valence-electron chi connectivity index (χ3n) is 2.26. The zero-order chi connectivity index (χ0) is 13.0. The zero-order valence-electron chi connectivity index (χ0n) is 10.4. The average Bonchev–Trinajstić information content (AvgIpc) is 2.78. The second kappa shape index (κ2) is 5.32. The Kier molecular flexibility index (Phi) is 3.58. The highest BCUT2D eigenvalue weighted by atomic mass is 16.5. The number of ether oxygens (including phenoxy) is 1. The van der Waals surface area contributed by atoms with E-state index in [4.69, 9.17) is 11.2 Å². The second-order valence-electron chi connectivity index (χ2n) is 4.06. The van der Waals surface area contributed by atoms with Crippen LogP contribution in [0.4, 0.5) is 0 Å². The molecule has 0 amide bonds. The number of nitrogens with zero attached hydrogens (tertiary/aromatic N) is 4. The first-order valence-electron chi connectivity index (χ1n) is 5.67. The molecule has 0 radical (unpaired) electrons. The Morgan fingerprint density at radius 2 is 2.06 bits per heavy atom. The molecule has 5 heteroatoms. The molecule has 0 N–H and O–H groups in total. The van der Waals surface area contributed by atoms with Crippen molar-refractivity contribution in [3.05, 3.63) is 24.3 Å². The normalized spacial score (nSPS) is 10.3. The molecule has 2 rings (SSSR count). The second-order valence-corrected chi connectivity index (χ2v) is 4.06. The van der Waals surface area contributed by atoms with Crippen LogP contribution in [0, 0.1) is 12.3 Å². The van der Waals surface area contributed by atoms with Gasteiger partial charge in [-0.05, 0) is 48.5 Å². The van der Waals surface area contributed by atoms with Gasteiger partial charge in [0.1, 0.15) is 12.3 Å². The summed E-state index contributed by atoms with van der Waals surface area (Å²) in [6.07, 6.45) is 5.41. The van der Waals surface area contributed by atoms with Crippen molar-refractivity contribution in [1.82, 2.24) is 20.2 Å². The van der Waals surface area contributed by atoms with E-state index in [1.807, 2.05) is 38.1 Å². The van der Waals surface area contributed by atoms with E-state index in [2.05, 4.69) is 21.4 Å². The summed E-state index contributed by atoms with van der Waals surface area (Å²) >= 11 is 0. The highest BCUT2D eigenvalue weighted by Gasteiger charge is 2.08. The van der Waals surface area contributed by atoms with Gasteiger partial charge in [0.15, 0.2) is 5.82 Å². The van der Waals surface area contributed by atoms with E-state index < -0.39 is 0 Å². The summed E-state index contributed by atoms with van der Waals surface area (Å²) in [5.41, 5.74) is 0.909. The molecule has 0 saturated carbocycles. The lowest BCUT2D eigenvalue weighted by Gasteiger charge is -2.09. The minimum absolute atomic E-state index is 0.155. The van der Waals surface area contributed by atoms with Crippen LogP contribution in [0.25, 0.3) is 11.4 Å². The molecule has 2 aromatic rings. The number of aromatic nitrogens is 4. The summed E-state index contributed by atoms with van der Waals surface area (Å²) in [7, 11) is 0. The van der Waals surface area contributed by atoms with Crippen molar-refractivity contribution in [2.75, 3.05) is 0 Å². The number of tetrazole rings is 1. The van der Waals surface area contributed by atoms with E-state index >= 15 is 0 Å². The molecule has 0 atom stereocenters. The molecule has 1 aromatic carbocycles. The molecule has 1 aromatic heterocycles. The molecule has 18 heavy (non-hydrogen) atoms. The van der Waals surface area contributed by atoms with E-state index in [0.717, 1.165) is 11.3 Å². The third-order valence-corrected chi connectivity index (χ3v) is 2.26. The molecule has 0 unspecified atom stereocenters. The van der Waals surface area contributed by atoms with Crippen LogP contribution in [0.3, 0.4) is 0 Å². The predicted molar refractivity (Wildman–Crippen MR) is 67.9 cm³/mol. The van der Waals surface area contributed by atoms with Crippen LogP contribution in [0.1, 0.15) is 13.8 Å². The Bertz CT molecular complexity index is 551. The highest BCUT2D eigenvalue weighted by Crippen LogP contribution is 2.20. The van der Waals surface area contributed by atoms with Crippen molar-refractivity contribution in [3.63, 3.8) is 0 Å². The van der Waals surface area contributed by atoms with Crippen LogP contribution in [-0.4, -0.2) is 26.3 Å². The van der Waals surface area contributed by atoms with E-state index in [1.165, 1.54) is 0 Å². The molecule has 1 heterocycles. The smallest absolute Gasteiger partial charge is 0.182 e. The average molecular weight is 242 g/mol. The molecule has 0 spiro atoms. The van der Waals surface area contributed by atoms with Crippen LogP contribution < -0.4 is 4.74 Å². The molecule has 92 valence electrons. The number of hydrogen-bond acceptors (Lipinski definition) is 4. The van der Waals surface area contributed by atoms with Crippen LogP contribution in [-0.2, 0) is 6.54 Å². The fourth-order valence-electron chi connectivity index (χ4n) is 1.56. The quantitative estimate of drug-likeness (QED) is 0.767. The lowest BCUT2D eigenvalue weighted by molar-refractivity contribution is 0.242. The van der Waals surface area contributed by atoms with Gasteiger partial charge in [-0.3, -0.25) is 0 Å². The molecule has 5 nitrogen and oxygen atoms in total. The van der Waals surface area contributed by atoms with Gasteiger partial charge in [0.2, 0.25) is 0 Å². The van der Waals surface area contributed by atoms with Gasteiger partial charge >= 0.3 is 0 Å². The fourth-order valence-corrected chi connectivity index (χ4v) is 1.56. The maximum Gasteiger partial charge on any atom is 0.182 e. The Morgan fingerprint density at radius 3 is 2.67 bits per heavy atom. The lowest BCUT2D eigenvalue weighted by atomic mass is 10.2. The number of rotatable bonds is 4. The first-order valence-corrected chi connectivity index (χ1v) is 5.67. The van der Waals surface area contributed by atoms with E-state index in [-0.39, 0.29) is 6.10 Å². The molecule has 0 saturated heterocycles. The number of benzene rings is 1. The van der Waals surface area contributed by atoms with Crippen LogP contribution in [0.15, 0.2) is 24.3 Å².